The maximum Gasteiger partial charge on any atom is 0.127 e. The van der Waals surface area contributed by atoms with E-state index in [9.17, 15) is 4.39 Å². The van der Waals surface area contributed by atoms with Gasteiger partial charge in [0.2, 0.25) is 0 Å². The highest BCUT2D eigenvalue weighted by Crippen LogP contribution is 2.49. The van der Waals surface area contributed by atoms with Crippen LogP contribution >= 0.6 is 0 Å². The van der Waals surface area contributed by atoms with E-state index in [0.29, 0.717) is 0 Å². The lowest BCUT2D eigenvalue weighted by molar-refractivity contribution is -0.142. The third kappa shape index (κ3) is 1.42. The summed E-state index contributed by atoms with van der Waals surface area (Å²) in [6, 6.07) is 7.20. The molecular weight excluding hydrogens is 241 g/mol. The molecule has 4 aliphatic heterocycles. The van der Waals surface area contributed by atoms with Gasteiger partial charge in [-0.15, -0.1) is 0 Å². The highest BCUT2D eigenvalue weighted by Gasteiger charge is 2.61. The summed E-state index contributed by atoms with van der Waals surface area (Å²) in [5.74, 6) is -0.106. The van der Waals surface area contributed by atoms with Crippen LogP contribution in [0.15, 0.2) is 24.3 Å². The summed E-state index contributed by atoms with van der Waals surface area (Å²) in [5, 5.41) is 0. The molecule has 4 aliphatic rings. The van der Waals surface area contributed by atoms with Gasteiger partial charge >= 0.3 is 0 Å². The van der Waals surface area contributed by atoms with Crippen molar-refractivity contribution in [3.05, 3.63) is 35.6 Å². The fraction of sp³-hybridized carbons (Fsp3) is 0.600. The highest BCUT2D eigenvalue weighted by atomic mass is 19.1. The molecule has 0 aromatic heterocycles. The number of halogens is 1. The molecule has 3 unspecified atom stereocenters. The second kappa shape index (κ2) is 3.57. The molecule has 3 nitrogen and oxygen atoms in total. The molecule has 3 atom stereocenters. The molecule has 1 aromatic carbocycles. The molecule has 19 heavy (non-hydrogen) atoms. The number of nitrogens with two attached hydrogens (primary N) is 1. The standard InChI is InChI=1S/C15H20FN3/c1-14-6-18-8-15(13(14)17,9-19(7-14)10-18)11-4-2-3-5-12(11)16/h2-5,13H,6-10,17H2,1H3. The molecule has 102 valence electrons. The van der Waals surface area contributed by atoms with Crippen LogP contribution < -0.4 is 5.73 Å². The van der Waals surface area contributed by atoms with Crippen molar-refractivity contribution in [2.75, 3.05) is 32.8 Å². The van der Waals surface area contributed by atoms with Crippen molar-refractivity contribution in [1.82, 2.24) is 9.80 Å². The van der Waals surface area contributed by atoms with Crippen molar-refractivity contribution in [2.24, 2.45) is 11.1 Å². The van der Waals surface area contributed by atoms with Crippen LogP contribution in [0.1, 0.15) is 12.5 Å². The first-order valence-electron chi connectivity index (χ1n) is 6.99. The Morgan fingerprint density at radius 2 is 1.79 bits per heavy atom. The number of piperidine rings is 2. The predicted octanol–water partition coefficient (Wildman–Crippen LogP) is 0.999. The van der Waals surface area contributed by atoms with Crippen LogP contribution in [-0.4, -0.2) is 48.7 Å². The number of nitrogens with zero attached hydrogens (tertiary/aromatic N) is 2. The number of benzene rings is 1. The Labute approximate surface area is 113 Å². The summed E-state index contributed by atoms with van der Waals surface area (Å²) >= 11 is 0. The maximum absolute atomic E-state index is 14.3. The van der Waals surface area contributed by atoms with Crippen LogP contribution in [0.25, 0.3) is 0 Å². The van der Waals surface area contributed by atoms with Crippen LogP contribution in [0, 0.1) is 11.2 Å². The maximum atomic E-state index is 14.3. The van der Waals surface area contributed by atoms with Crippen LogP contribution in [0.2, 0.25) is 0 Å². The third-order valence-electron chi connectivity index (χ3n) is 5.34. The third-order valence-corrected chi connectivity index (χ3v) is 5.34. The number of rotatable bonds is 1. The highest BCUT2D eigenvalue weighted by molar-refractivity contribution is 5.36. The molecule has 4 bridgehead atoms. The number of hydrogen-bond donors (Lipinski definition) is 1. The molecule has 4 heteroatoms. The summed E-state index contributed by atoms with van der Waals surface area (Å²) in [5.41, 5.74) is 7.26. The molecule has 0 amide bonds. The minimum Gasteiger partial charge on any atom is -0.326 e. The largest absolute Gasteiger partial charge is 0.326 e. The first kappa shape index (κ1) is 11.8. The lowest BCUT2D eigenvalue weighted by atomic mass is 9.57. The smallest absolute Gasteiger partial charge is 0.127 e. The first-order chi connectivity index (χ1) is 9.03. The van der Waals surface area contributed by atoms with Crippen LogP contribution in [0.5, 0.6) is 0 Å². The summed E-state index contributed by atoms with van der Waals surface area (Å²) in [7, 11) is 0. The summed E-state index contributed by atoms with van der Waals surface area (Å²) in [6.07, 6.45) is 0. The molecular formula is C15H20FN3. The van der Waals surface area contributed by atoms with Gasteiger partial charge < -0.3 is 5.73 Å². The Morgan fingerprint density at radius 1 is 1.16 bits per heavy atom. The molecule has 2 N–H and O–H groups in total. The fourth-order valence-corrected chi connectivity index (χ4v) is 4.78. The zero-order valence-corrected chi connectivity index (χ0v) is 11.3. The molecule has 0 saturated carbocycles. The first-order valence-corrected chi connectivity index (χ1v) is 6.99. The normalized spacial score (nSPS) is 47.6. The van der Waals surface area contributed by atoms with Crippen molar-refractivity contribution < 1.29 is 4.39 Å². The Morgan fingerprint density at radius 3 is 2.42 bits per heavy atom. The molecule has 1 aromatic rings. The predicted molar refractivity (Wildman–Crippen MR) is 72.2 cm³/mol. The van der Waals surface area contributed by atoms with Gasteiger partial charge in [-0.05, 0) is 11.6 Å². The number of hydrogen-bond acceptors (Lipinski definition) is 3. The van der Waals surface area contributed by atoms with Crippen LogP contribution in [0.4, 0.5) is 4.39 Å². The van der Waals surface area contributed by atoms with Crippen molar-refractivity contribution in [3.8, 4) is 0 Å². The molecule has 0 spiro atoms. The minimum absolute atomic E-state index is 0.0321. The SMILES string of the molecule is CC12CN3CN(C1)CC(c1ccccc1F)(C3)C2N. The van der Waals surface area contributed by atoms with E-state index in [0.717, 1.165) is 38.4 Å². The summed E-state index contributed by atoms with van der Waals surface area (Å²) in [4.78, 5) is 4.87. The zero-order valence-electron chi connectivity index (χ0n) is 11.3. The van der Waals surface area contributed by atoms with E-state index >= 15 is 0 Å². The van der Waals surface area contributed by atoms with Gasteiger partial charge in [-0.3, -0.25) is 9.80 Å². The lowest BCUT2D eigenvalue weighted by Crippen LogP contribution is -2.80. The van der Waals surface area contributed by atoms with E-state index in [2.05, 4.69) is 16.7 Å². The average Bonchev–Trinajstić information content (AvgIpc) is 2.35. The van der Waals surface area contributed by atoms with Crippen molar-refractivity contribution in [1.29, 1.82) is 0 Å². The van der Waals surface area contributed by atoms with Gasteiger partial charge in [0, 0.05) is 43.1 Å². The molecule has 4 heterocycles. The van der Waals surface area contributed by atoms with E-state index in [1.165, 1.54) is 0 Å². The quantitative estimate of drug-likeness (QED) is 0.818. The van der Waals surface area contributed by atoms with E-state index in [-0.39, 0.29) is 22.7 Å². The molecule has 5 rings (SSSR count). The van der Waals surface area contributed by atoms with Crippen molar-refractivity contribution >= 4 is 0 Å². The van der Waals surface area contributed by atoms with Crippen molar-refractivity contribution in [3.63, 3.8) is 0 Å². The van der Waals surface area contributed by atoms with E-state index in [4.69, 9.17) is 5.73 Å². The minimum atomic E-state index is -0.241. The molecule has 4 fully saturated rings. The van der Waals surface area contributed by atoms with Gasteiger partial charge in [0.15, 0.2) is 0 Å². The van der Waals surface area contributed by atoms with Gasteiger partial charge in [0.1, 0.15) is 5.82 Å². The second-order valence-electron chi connectivity index (χ2n) is 6.88. The van der Waals surface area contributed by atoms with Gasteiger partial charge in [-0.1, -0.05) is 25.1 Å². The Bertz CT molecular complexity index is 516. The van der Waals surface area contributed by atoms with Crippen LogP contribution in [0.3, 0.4) is 0 Å². The Kier molecular flexibility index (Phi) is 2.22. The zero-order chi connectivity index (χ0) is 13.3. The summed E-state index contributed by atoms with van der Waals surface area (Å²) in [6.45, 7) is 7.13. The van der Waals surface area contributed by atoms with E-state index in [1.54, 1.807) is 12.1 Å². The van der Waals surface area contributed by atoms with E-state index < -0.39 is 0 Å². The Balaban J connectivity index is 1.88. The molecule has 0 aliphatic carbocycles. The lowest BCUT2D eigenvalue weighted by Gasteiger charge is -2.66. The topological polar surface area (TPSA) is 32.5 Å². The Hall–Kier alpha value is -0.970. The van der Waals surface area contributed by atoms with Gasteiger partial charge in [-0.25, -0.2) is 4.39 Å². The average molecular weight is 261 g/mol. The fourth-order valence-electron chi connectivity index (χ4n) is 4.78. The second-order valence-corrected chi connectivity index (χ2v) is 6.88. The summed E-state index contributed by atoms with van der Waals surface area (Å²) < 4.78 is 14.3. The monoisotopic (exact) mass is 261 g/mol. The van der Waals surface area contributed by atoms with Gasteiger partial charge in [-0.2, -0.15) is 0 Å². The molecule has 0 radical (unpaired) electrons. The molecule has 4 saturated heterocycles. The van der Waals surface area contributed by atoms with Gasteiger partial charge in [0.05, 0.1) is 6.67 Å². The van der Waals surface area contributed by atoms with Crippen molar-refractivity contribution in [2.45, 2.75) is 18.4 Å². The van der Waals surface area contributed by atoms with Gasteiger partial charge in [0.25, 0.3) is 0 Å². The van der Waals surface area contributed by atoms with E-state index in [1.807, 2.05) is 12.1 Å². The van der Waals surface area contributed by atoms with Crippen LogP contribution in [-0.2, 0) is 5.41 Å².